The zero-order chi connectivity index (χ0) is 26.6. The summed E-state index contributed by atoms with van der Waals surface area (Å²) in [7, 11) is -3.09. The minimum Gasteiger partial charge on any atom is -0.495 e. The van der Waals surface area contributed by atoms with Gasteiger partial charge in [0.2, 0.25) is 5.91 Å². The molecule has 3 aromatic carbocycles. The van der Waals surface area contributed by atoms with E-state index in [1.807, 2.05) is 31.2 Å². The number of carbonyl (C=O) groups is 1. The second kappa shape index (κ2) is 11.0. The lowest BCUT2D eigenvalue weighted by molar-refractivity contribution is -0.385. The standard InChI is InChI=1S/C25H26ClN3O6S/c1-16-5-8-19(9-6-16)18(3)27-25(30)15-28(23-13-20(26)10-12-24(23)35-4)36(33,34)21-11-7-17(2)22(14-21)29(31)32/h5-14,18H,15H2,1-4H3,(H,27,30)/t18-/m0/s1. The summed E-state index contributed by atoms with van der Waals surface area (Å²) in [4.78, 5) is 23.5. The first-order valence-electron chi connectivity index (χ1n) is 10.9. The van der Waals surface area contributed by atoms with Crippen LogP contribution in [0.15, 0.2) is 65.6 Å². The number of halogens is 1. The summed E-state index contributed by atoms with van der Waals surface area (Å²) in [5.41, 5.74) is 1.88. The number of rotatable bonds is 9. The predicted molar refractivity (Wildman–Crippen MR) is 138 cm³/mol. The van der Waals surface area contributed by atoms with E-state index < -0.39 is 33.4 Å². The number of carbonyl (C=O) groups excluding carboxylic acids is 1. The summed E-state index contributed by atoms with van der Waals surface area (Å²) in [6.07, 6.45) is 0. The number of benzene rings is 3. The second-order valence-electron chi connectivity index (χ2n) is 8.23. The molecule has 0 aliphatic heterocycles. The van der Waals surface area contributed by atoms with Gasteiger partial charge in [-0.1, -0.05) is 47.5 Å². The molecule has 1 atom stereocenters. The van der Waals surface area contributed by atoms with Crippen molar-refractivity contribution >= 4 is 38.9 Å². The Kier molecular flexibility index (Phi) is 8.21. The van der Waals surface area contributed by atoms with Crippen molar-refractivity contribution in [2.45, 2.75) is 31.7 Å². The number of nitro groups is 1. The van der Waals surface area contributed by atoms with Crippen molar-refractivity contribution in [1.82, 2.24) is 5.32 Å². The van der Waals surface area contributed by atoms with Gasteiger partial charge in [-0.15, -0.1) is 0 Å². The van der Waals surface area contributed by atoms with E-state index >= 15 is 0 Å². The Hall–Kier alpha value is -3.63. The van der Waals surface area contributed by atoms with Crippen LogP contribution >= 0.6 is 11.6 Å². The first-order chi connectivity index (χ1) is 16.9. The largest absolute Gasteiger partial charge is 0.495 e. The molecule has 0 aromatic heterocycles. The Morgan fingerprint density at radius 1 is 1.11 bits per heavy atom. The zero-order valence-electron chi connectivity index (χ0n) is 20.2. The molecule has 3 rings (SSSR count). The number of hydrogen-bond donors (Lipinski definition) is 1. The number of anilines is 1. The molecule has 0 unspecified atom stereocenters. The highest BCUT2D eigenvalue weighted by molar-refractivity contribution is 7.92. The molecule has 36 heavy (non-hydrogen) atoms. The van der Waals surface area contributed by atoms with Crippen LogP contribution in [-0.2, 0) is 14.8 Å². The van der Waals surface area contributed by atoms with Crippen LogP contribution in [0, 0.1) is 24.0 Å². The number of aryl methyl sites for hydroxylation is 2. The number of methoxy groups -OCH3 is 1. The third-order valence-electron chi connectivity index (χ3n) is 5.62. The van der Waals surface area contributed by atoms with Crippen LogP contribution in [0.25, 0.3) is 0 Å². The highest BCUT2D eigenvalue weighted by Crippen LogP contribution is 2.35. The van der Waals surface area contributed by atoms with Gasteiger partial charge in [-0.3, -0.25) is 19.2 Å². The number of amides is 1. The fourth-order valence-electron chi connectivity index (χ4n) is 3.59. The van der Waals surface area contributed by atoms with E-state index in [4.69, 9.17) is 16.3 Å². The van der Waals surface area contributed by atoms with Crippen molar-refractivity contribution in [1.29, 1.82) is 0 Å². The molecule has 0 heterocycles. The van der Waals surface area contributed by atoms with E-state index in [-0.39, 0.29) is 27.0 Å². The van der Waals surface area contributed by atoms with Crippen LogP contribution in [0.4, 0.5) is 11.4 Å². The van der Waals surface area contributed by atoms with E-state index in [1.54, 1.807) is 6.92 Å². The Morgan fingerprint density at radius 2 is 1.78 bits per heavy atom. The maximum Gasteiger partial charge on any atom is 0.273 e. The number of hydrogen-bond acceptors (Lipinski definition) is 6. The highest BCUT2D eigenvalue weighted by Gasteiger charge is 2.31. The molecule has 0 radical (unpaired) electrons. The van der Waals surface area contributed by atoms with Gasteiger partial charge in [0.25, 0.3) is 15.7 Å². The van der Waals surface area contributed by atoms with Crippen molar-refractivity contribution in [3.05, 3.63) is 92.5 Å². The van der Waals surface area contributed by atoms with Gasteiger partial charge in [-0.25, -0.2) is 8.42 Å². The lowest BCUT2D eigenvalue weighted by atomic mass is 10.1. The molecule has 0 bridgehead atoms. The maximum absolute atomic E-state index is 13.8. The number of nitro benzene ring substituents is 1. The zero-order valence-corrected chi connectivity index (χ0v) is 21.8. The van der Waals surface area contributed by atoms with E-state index in [0.29, 0.717) is 5.56 Å². The molecule has 190 valence electrons. The Labute approximate surface area is 214 Å². The lowest BCUT2D eigenvalue weighted by Crippen LogP contribution is -2.41. The Morgan fingerprint density at radius 3 is 2.39 bits per heavy atom. The number of nitrogens with one attached hydrogen (secondary N) is 1. The van der Waals surface area contributed by atoms with Gasteiger partial charge in [0, 0.05) is 16.7 Å². The number of sulfonamides is 1. The summed E-state index contributed by atoms with van der Waals surface area (Å²) in [6, 6.07) is 15.1. The summed E-state index contributed by atoms with van der Waals surface area (Å²) >= 11 is 6.15. The van der Waals surface area contributed by atoms with Crippen molar-refractivity contribution in [2.75, 3.05) is 18.0 Å². The smallest absolute Gasteiger partial charge is 0.273 e. The average molecular weight is 532 g/mol. The fourth-order valence-corrected chi connectivity index (χ4v) is 5.20. The minimum atomic E-state index is -4.45. The van der Waals surface area contributed by atoms with Crippen molar-refractivity contribution in [3.63, 3.8) is 0 Å². The molecule has 1 N–H and O–H groups in total. The molecule has 0 fully saturated rings. The molecule has 1 amide bonds. The lowest BCUT2D eigenvalue weighted by Gasteiger charge is -2.26. The molecule has 0 spiro atoms. The third-order valence-corrected chi connectivity index (χ3v) is 7.61. The van der Waals surface area contributed by atoms with Gasteiger partial charge in [0.1, 0.15) is 12.3 Å². The molecule has 9 nitrogen and oxygen atoms in total. The third kappa shape index (κ3) is 5.95. The van der Waals surface area contributed by atoms with Crippen LogP contribution in [0.3, 0.4) is 0 Å². The normalized spacial score (nSPS) is 12.0. The van der Waals surface area contributed by atoms with Crippen LogP contribution < -0.4 is 14.4 Å². The van der Waals surface area contributed by atoms with Crippen LogP contribution in [0.1, 0.15) is 29.7 Å². The monoisotopic (exact) mass is 531 g/mol. The number of nitrogens with zero attached hydrogens (tertiary/aromatic N) is 2. The summed E-state index contributed by atoms with van der Waals surface area (Å²) in [5.74, 6) is -0.431. The average Bonchev–Trinajstić information content (AvgIpc) is 2.82. The molecule has 0 saturated heterocycles. The van der Waals surface area contributed by atoms with Crippen LogP contribution in [0.5, 0.6) is 5.75 Å². The summed E-state index contributed by atoms with van der Waals surface area (Å²) < 4.78 is 33.7. The van der Waals surface area contributed by atoms with Crippen molar-refractivity contribution in [3.8, 4) is 5.75 Å². The van der Waals surface area contributed by atoms with E-state index in [2.05, 4.69) is 5.32 Å². The Balaban J connectivity index is 2.04. The van der Waals surface area contributed by atoms with Crippen LogP contribution in [-0.4, -0.2) is 32.9 Å². The molecule has 11 heteroatoms. The molecule has 0 aliphatic rings. The summed E-state index contributed by atoms with van der Waals surface area (Å²) in [6.45, 7) is 4.62. The number of ether oxygens (including phenoxy) is 1. The maximum atomic E-state index is 13.8. The molecular weight excluding hydrogens is 506 g/mol. The first-order valence-corrected chi connectivity index (χ1v) is 12.7. The Bertz CT molecular complexity index is 1390. The van der Waals surface area contributed by atoms with Gasteiger partial charge >= 0.3 is 0 Å². The molecule has 3 aromatic rings. The first kappa shape index (κ1) is 27.0. The fraction of sp³-hybridized carbons (Fsp3) is 0.240. The van der Waals surface area contributed by atoms with Crippen molar-refractivity contribution < 1.29 is 22.9 Å². The second-order valence-corrected chi connectivity index (χ2v) is 10.5. The molecule has 0 saturated carbocycles. The minimum absolute atomic E-state index is 0.0198. The molecule has 0 aliphatic carbocycles. The molecular formula is C25H26ClN3O6S. The SMILES string of the molecule is COc1ccc(Cl)cc1N(CC(=O)N[C@@H](C)c1ccc(C)cc1)S(=O)(=O)c1ccc(C)c([N+](=O)[O-])c1. The van der Waals surface area contributed by atoms with E-state index in [0.717, 1.165) is 21.5 Å². The quantitative estimate of drug-likeness (QED) is 0.308. The van der Waals surface area contributed by atoms with E-state index in [9.17, 15) is 23.3 Å². The van der Waals surface area contributed by atoms with Gasteiger partial charge < -0.3 is 10.1 Å². The van der Waals surface area contributed by atoms with Gasteiger partial charge in [0.15, 0.2) is 0 Å². The van der Waals surface area contributed by atoms with E-state index in [1.165, 1.54) is 44.4 Å². The predicted octanol–water partition coefficient (Wildman–Crippen LogP) is 4.95. The van der Waals surface area contributed by atoms with Crippen molar-refractivity contribution in [2.24, 2.45) is 0 Å². The van der Waals surface area contributed by atoms with Crippen LogP contribution in [0.2, 0.25) is 5.02 Å². The van der Waals surface area contributed by atoms with Gasteiger partial charge in [0.05, 0.1) is 28.7 Å². The van der Waals surface area contributed by atoms with Gasteiger partial charge in [-0.05, 0) is 50.6 Å². The van der Waals surface area contributed by atoms with Gasteiger partial charge in [-0.2, -0.15) is 0 Å². The summed E-state index contributed by atoms with van der Waals surface area (Å²) in [5, 5.41) is 14.5. The highest BCUT2D eigenvalue weighted by atomic mass is 35.5. The topological polar surface area (TPSA) is 119 Å².